The third-order valence-electron chi connectivity index (χ3n) is 0.467. The van der Waals surface area contributed by atoms with Crippen molar-refractivity contribution in [2.24, 2.45) is 0 Å². The lowest BCUT2D eigenvalue weighted by Gasteiger charge is -1.79. The Bertz CT molecular complexity index is 96.7. The molecule has 0 bridgehead atoms. The quantitative estimate of drug-likeness (QED) is 0.248. The zero-order chi connectivity index (χ0) is 6.24. The molecule has 0 radical (unpaired) electrons. The summed E-state index contributed by atoms with van der Waals surface area (Å²) in [6.45, 7) is 3.52. The molecule has 0 aliphatic heterocycles. The van der Waals surface area contributed by atoms with Crippen LogP contribution in [0, 0.1) is 0 Å². The maximum Gasteiger partial charge on any atom is 0.143 e. The third kappa shape index (κ3) is 5.50. The van der Waals surface area contributed by atoms with E-state index in [9.17, 15) is 4.79 Å². The largest absolute Gasteiger partial charge is 0.299 e. The van der Waals surface area contributed by atoms with Crippen LogP contribution in [0.5, 0.6) is 0 Å². The highest BCUT2D eigenvalue weighted by molar-refractivity contribution is 8.02. The highest BCUT2D eigenvalue weighted by Crippen LogP contribution is 1.99. The fourth-order valence-corrected chi connectivity index (χ4v) is 0.634. The van der Waals surface area contributed by atoms with Crippen molar-refractivity contribution >= 4 is 18.0 Å². The lowest BCUT2D eigenvalue weighted by Crippen LogP contribution is -1.61. The molecule has 0 fully saturated rings. The fourth-order valence-electron chi connectivity index (χ4n) is 0.211. The molecule has 1 nitrogen and oxygen atoms in total. The Morgan fingerprint density at radius 3 is 2.88 bits per heavy atom. The number of hydrogen-bond acceptors (Lipinski definition) is 2. The van der Waals surface area contributed by atoms with Gasteiger partial charge in [-0.25, -0.2) is 0 Å². The maximum absolute atomic E-state index is 9.64. The Morgan fingerprint density at radius 2 is 2.38 bits per heavy atom. The SMILES string of the molecule is C=CCS/C=C/C=O. The number of allylic oxidation sites excluding steroid dienone is 1. The minimum absolute atomic E-state index is 0.760. The van der Waals surface area contributed by atoms with E-state index in [-0.39, 0.29) is 0 Å². The molecule has 0 amide bonds. The molecular formula is C6H8OS. The van der Waals surface area contributed by atoms with Crippen molar-refractivity contribution in [2.75, 3.05) is 5.75 Å². The van der Waals surface area contributed by atoms with Gasteiger partial charge in [0.2, 0.25) is 0 Å². The summed E-state index contributed by atoms with van der Waals surface area (Å²) in [6, 6.07) is 0. The molecule has 0 N–H and O–H groups in total. The normalized spacial score (nSPS) is 9.50. The van der Waals surface area contributed by atoms with Gasteiger partial charge in [-0.3, -0.25) is 4.79 Å². The Labute approximate surface area is 53.5 Å². The first-order valence-electron chi connectivity index (χ1n) is 2.24. The van der Waals surface area contributed by atoms with Crippen LogP contribution >= 0.6 is 11.8 Å². The topological polar surface area (TPSA) is 17.1 Å². The zero-order valence-corrected chi connectivity index (χ0v) is 5.36. The molecule has 8 heavy (non-hydrogen) atoms. The van der Waals surface area contributed by atoms with Crippen molar-refractivity contribution < 1.29 is 4.79 Å². The summed E-state index contributed by atoms with van der Waals surface area (Å²) in [7, 11) is 0. The average Bonchev–Trinajstić information content (AvgIpc) is 1.81. The molecule has 0 heterocycles. The zero-order valence-electron chi connectivity index (χ0n) is 4.54. The molecule has 0 aliphatic carbocycles. The van der Waals surface area contributed by atoms with E-state index in [1.165, 1.54) is 6.08 Å². The predicted octanol–water partition coefficient (Wildman–Crippen LogP) is 1.62. The number of rotatable bonds is 4. The number of thioether (sulfide) groups is 1. The van der Waals surface area contributed by atoms with E-state index in [0.29, 0.717) is 0 Å². The van der Waals surface area contributed by atoms with Crippen LogP contribution in [0.4, 0.5) is 0 Å². The first-order chi connectivity index (χ1) is 3.91. The summed E-state index contributed by atoms with van der Waals surface area (Å²) in [4.78, 5) is 9.64. The Kier molecular flexibility index (Phi) is 6.09. The molecule has 44 valence electrons. The molecule has 0 saturated carbocycles. The van der Waals surface area contributed by atoms with Crippen LogP contribution in [0.1, 0.15) is 0 Å². The minimum atomic E-state index is 0.760. The molecule has 0 aromatic carbocycles. The van der Waals surface area contributed by atoms with Gasteiger partial charge in [0, 0.05) is 5.75 Å². The van der Waals surface area contributed by atoms with E-state index in [0.717, 1.165) is 12.0 Å². The molecule has 0 atom stereocenters. The predicted molar refractivity (Wildman–Crippen MR) is 37.9 cm³/mol. The highest BCUT2D eigenvalue weighted by Gasteiger charge is 1.70. The van der Waals surface area contributed by atoms with E-state index >= 15 is 0 Å². The monoisotopic (exact) mass is 128 g/mol. The van der Waals surface area contributed by atoms with Gasteiger partial charge in [0.15, 0.2) is 0 Å². The van der Waals surface area contributed by atoms with Crippen molar-refractivity contribution in [3.8, 4) is 0 Å². The Morgan fingerprint density at radius 1 is 1.62 bits per heavy atom. The highest BCUT2D eigenvalue weighted by atomic mass is 32.2. The van der Waals surface area contributed by atoms with E-state index in [1.54, 1.807) is 23.2 Å². The van der Waals surface area contributed by atoms with E-state index < -0.39 is 0 Å². The van der Waals surface area contributed by atoms with Gasteiger partial charge in [0.25, 0.3) is 0 Å². The van der Waals surface area contributed by atoms with Crippen LogP contribution in [-0.4, -0.2) is 12.0 Å². The average molecular weight is 128 g/mol. The summed E-state index contributed by atoms with van der Waals surface area (Å²) in [5, 5.41) is 1.74. The van der Waals surface area contributed by atoms with Crippen LogP contribution in [0.15, 0.2) is 24.1 Å². The van der Waals surface area contributed by atoms with Crippen molar-refractivity contribution in [1.29, 1.82) is 0 Å². The number of carbonyl (C=O) groups excluding carboxylic acids is 1. The number of carbonyl (C=O) groups is 1. The van der Waals surface area contributed by atoms with Crippen molar-refractivity contribution in [2.45, 2.75) is 0 Å². The van der Waals surface area contributed by atoms with Gasteiger partial charge in [-0.05, 0) is 11.5 Å². The van der Waals surface area contributed by atoms with Crippen LogP contribution in [0.3, 0.4) is 0 Å². The van der Waals surface area contributed by atoms with Gasteiger partial charge in [-0.1, -0.05) is 6.08 Å². The van der Waals surface area contributed by atoms with Crippen molar-refractivity contribution in [1.82, 2.24) is 0 Å². The lowest BCUT2D eigenvalue weighted by atomic mass is 10.7. The summed E-state index contributed by atoms with van der Waals surface area (Å²) in [5.41, 5.74) is 0. The van der Waals surface area contributed by atoms with Crippen LogP contribution < -0.4 is 0 Å². The molecule has 0 aliphatic rings. The Hall–Kier alpha value is -0.500. The molecule has 2 heteroatoms. The standard InChI is InChI=1S/C6H8OS/c1-2-5-8-6-3-4-7/h2-4,6H,1,5H2/b6-3+. The maximum atomic E-state index is 9.64. The molecule has 0 spiro atoms. The van der Waals surface area contributed by atoms with Gasteiger partial charge in [-0.15, -0.1) is 18.3 Å². The second-order valence-electron chi connectivity index (χ2n) is 1.09. The molecule has 0 aromatic rings. The number of hydrogen-bond donors (Lipinski definition) is 0. The minimum Gasteiger partial charge on any atom is -0.299 e. The lowest BCUT2D eigenvalue weighted by molar-refractivity contribution is -0.104. The van der Waals surface area contributed by atoms with Crippen molar-refractivity contribution in [3.63, 3.8) is 0 Å². The molecule has 0 aromatic heterocycles. The van der Waals surface area contributed by atoms with Gasteiger partial charge >= 0.3 is 0 Å². The van der Waals surface area contributed by atoms with E-state index in [1.807, 2.05) is 0 Å². The molecule has 0 rings (SSSR count). The van der Waals surface area contributed by atoms with Gasteiger partial charge in [0.1, 0.15) is 6.29 Å². The first-order valence-corrected chi connectivity index (χ1v) is 3.29. The summed E-state index contributed by atoms with van der Waals surface area (Å²) >= 11 is 1.55. The van der Waals surface area contributed by atoms with Crippen LogP contribution in [0.25, 0.3) is 0 Å². The molecule has 0 saturated heterocycles. The second kappa shape index (κ2) is 6.50. The summed E-state index contributed by atoms with van der Waals surface area (Å²) in [6.07, 6.45) is 4.02. The summed E-state index contributed by atoms with van der Waals surface area (Å²) in [5.74, 6) is 0.865. The van der Waals surface area contributed by atoms with E-state index in [4.69, 9.17) is 0 Å². The van der Waals surface area contributed by atoms with Gasteiger partial charge in [-0.2, -0.15) is 0 Å². The Balaban J connectivity index is 3.02. The van der Waals surface area contributed by atoms with E-state index in [2.05, 4.69) is 6.58 Å². The smallest absolute Gasteiger partial charge is 0.143 e. The van der Waals surface area contributed by atoms with Gasteiger partial charge in [0.05, 0.1) is 0 Å². The molecular weight excluding hydrogens is 120 g/mol. The van der Waals surface area contributed by atoms with Crippen molar-refractivity contribution in [3.05, 3.63) is 24.1 Å². The fraction of sp³-hybridized carbons (Fsp3) is 0.167. The van der Waals surface area contributed by atoms with Gasteiger partial charge < -0.3 is 0 Å². The second-order valence-corrected chi connectivity index (χ2v) is 2.03. The number of aldehydes is 1. The molecule has 0 unspecified atom stereocenters. The van der Waals surface area contributed by atoms with Crippen LogP contribution in [0.2, 0.25) is 0 Å². The summed E-state index contributed by atoms with van der Waals surface area (Å²) < 4.78 is 0. The van der Waals surface area contributed by atoms with Crippen LogP contribution in [-0.2, 0) is 4.79 Å². The third-order valence-corrected chi connectivity index (χ3v) is 1.25. The first kappa shape index (κ1) is 7.50.